The first-order chi connectivity index (χ1) is 18.0. The van der Waals surface area contributed by atoms with Gasteiger partial charge in [-0.3, -0.25) is 14.2 Å². The maximum atomic E-state index is 12.9. The molecule has 38 heavy (non-hydrogen) atoms. The van der Waals surface area contributed by atoms with Gasteiger partial charge in [0.2, 0.25) is 5.91 Å². The summed E-state index contributed by atoms with van der Waals surface area (Å²) in [6, 6.07) is 22.0. The fourth-order valence-electron chi connectivity index (χ4n) is 5.30. The van der Waals surface area contributed by atoms with Gasteiger partial charge in [-0.15, -0.1) is 0 Å². The van der Waals surface area contributed by atoms with Crippen LogP contribution in [-0.2, 0) is 19.8 Å². The molecule has 0 saturated carbocycles. The summed E-state index contributed by atoms with van der Waals surface area (Å²) in [5, 5.41) is 16.7. The van der Waals surface area contributed by atoms with Gasteiger partial charge >= 0.3 is 5.69 Å². The summed E-state index contributed by atoms with van der Waals surface area (Å²) in [7, 11) is -1.00. The van der Waals surface area contributed by atoms with Crippen LogP contribution < -0.4 is 21.4 Å². The van der Waals surface area contributed by atoms with Crippen LogP contribution in [0.5, 0.6) is 0 Å². The summed E-state index contributed by atoms with van der Waals surface area (Å²) < 4.78 is 8.35. The minimum Gasteiger partial charge on any atom is -0.406 e. The van der Waals surface area contributed by atoms with Gasteiger partial charge in [0.05, 0.1) is 19.3 Å². The molecular formula is C28H36N4O5Si. The largest absolute Gasteiger partial charge is 0.406 e. The summed E-state index contributed by atoms with van der Waals surface area (Å²) in [4.78, 5) is 34.3. The molecule has 1 fully saturated rings. The number of likely N-dealkylation sites (N-methyl/N-ethyl adjacent to an activating group) is 1. The van der Waals surface area contributed by atoms with E-state index >= 15 is 0 Å². The Morgan fingerprint density at radius 2 is 1.71 bits per heavy atom. The van der Waals surface area contributed by atoms with Crippen LogP contribution in [0.4, 0.5) is 5.82 Å². The van der Waals surface area contributed by atoms with Crippen LogP contribution in [-0.4, -0.2) is 60.2 Å². The minimum absolute atomic E-state index is 0.143. The first kappa shape index (κ1) is 27.9. The standard InChI is InChI=1S/C28H36N4O5Si/c1-21(34)29-25-16-17-32(26(35)30-25)28(20-33)18-22(31(5)37-28)19-36-38(27(2,3)4,23-12-8-6-9-13-23)24-14-10-7-11-15-24/h6-17,22,33H,18-20H2,1-5H3,(H,29,30,34,35)/t22-,28+/m0/s1. The van der Waals surface area contributed by atoms with Crippen LogP contribution in [0.3, 0.4) is 0 Å². The number of nitrogens with one attached hydrogen (secondary N) is 1. The summed E-state index contributed by atoms with van der Waals surface area (Å²) in [6.07, 6.45) is 1.79. The molecule has 9 nitrogen and oxygen atoms in total. The molecular weight excluding hydrogens is 500 g/mol. The number of hydroxylamine groups is 2. The quantitative estimate of drug-likeness (QED) is 0.425. The zero-order valence-electron chi connectivity index (χ0n) is 22.5. The molecule has 0 aliphatic carbocycles. The van der Waals surface area contributed by atoms with Crippen molar-refractivity contribution in [1.29, 1.82) is 0 Å². The summed E-state index contributed by atoms with van der Waals surface area (Å²) in [5.41, 5.74) is -1.97. The molecule has 10 heteroatoms. The number of carbonyl (C=O) groups excluding carboxylic acids is 1. The lowest BCUT2D eigenvalue weighted by Gasteiger charge is -2.43. The van der Waals surface area contributed by atoms with E-state index < -0.39 is 26.3 Å². The Labute approximate surface area is 224 Å². The van der Waals surface area contributed by atoms with E-state index in [0.29, 0.717) is 13.0 Å². The highest BCUT2D eigenvalue weighted by molar-refractivity contribution is 6.99. The number of hydrogen-bond donors (Lipinski definition) is 2. The van der Waals surface area contributed by atoms with Crippen LogP contribution in [0.25, 0.3) is 0 Å². The SMILES string of the molecule is CC(=O)Nc1ccn([C@]2(CO)C[C@@H](CO[Si](c3ccccc3)(c3ccccc3)C(C)(C)C)N(C)O2)c(=O)n1. The fraction of sp³-hybridized carbons (Fsp3) is 0.393. The lowest BCUT2D eigenvalue weighted by atomic mass is 10.1. The summed E-state index contributed by atoms with van der Waals surface area (Å²) >= 11 is 0. The highest BCUT2D eigenvalue weighted by Crippen LogP contribution is 2.39. The highest BCUT2D eigenvalue weighted by Gasteiger charge is 2.52. The van der Waals surface area contributed by atoms with Gasteiger partial charge in [0.1, 0.15) is 5.82 Å². The summed E-state index contributed by atoms with van der Waals surface area (Å²) in [6.45, 7) is 7.88. The maximum Gasteiger partial charge on any atom is 0.351 e. The fourth-order valence-corrected chi connectivity index (χ4v) is 9.90. The molecule has 2 aromatic carbocycles. The van der Waals surface area contributed by atoms with Crippen molar-refractivity contribution >= 4 is 30.4 Å². The van der Waals surface area contributed by atoms with Gasteiger partial charge in [-0.05, 0) is 21.5 Å². The van der Waals surface area contributed by atoms with Gasteiger partial charge in [-0.25, -0.2) is 4.79 Å². The second-order valence-electron chi connectivity index (χ2n) is 10.7. The molecule has 202 valence electrons. The predicted molar refractivity (Wildman–Crippen MR) is 149 cm³/mol. The average Bonchev–Trinajstić information content (AvgIpc) is 3.21. The van der Waals surface area contributed by atoms with Crippen LogP contribution in [0.1, 0.15) is 34.1 Å². The third kappa shape index (κ3) is 5.23. The number of benzene rings is 2. The van der Waals surface area contributed by atoms with E-state index in [4.69, 9.17) is 9.26 Å². The lowest BCUT2D eigenvalue weighted by molar-refractivity contribution is -0.239. The van der Waals surface area contributed by atoms with Crippen molar-refractivity contribution in [1.82, 2.24) is 14.6 Å². The van der Waals surface area contributed by atoms with Gasteiger partial charge in [0, 0.05) is 26.6 Å². The van der Waals surface area contributed by atoms with E-state index in [1.807, 2.05) is 36.4 Å². The molecule has 1 amide bonds. The number of aliphatic hydroxyl groups is 1. The topological polar surface area (TPSA) is 106 Å². The Morgan fingerprint density at radius 1 is 1.13 bits per heavy atom. The van der Waals surface area contributed by atoms with Gasteiger partial charge in [-0.1, -0.05) is 81.4 Å². The number of anilines is 1. The van der Waals surface area contributed by atoms with Crippen LogP contribution in [0, 0.1) is 0 Å². The van der Waals surface area contributed by atoms with Crippen molar-refractivity contribution in [2.75, 3.05) is 25.6 Å². The molecule has 0 bridgehead atoms. The van der Waals surface area contributed by atoms with Gasteiger partial charge in [0.25, 0.3) is 8.32 Å². The number of aliphatic hydroxyl groups excluding tert-OH is 1. The first-order valence-electron chi connectivity index (χ1n) is 12.7. The number of hydrogen-bond acceptors (Lipinski definition) is 7. The summed E-state index contributed by atoms with van der Waals surface area (Å²) in [5.74, 6) is -0.186. The molecule has 1 aliphatic heterocycles. The van der Waals surface area contributed by atoms with Gasteiger partial charge in [0.15, 0.2) is 5.72 Å². The third-order valence-electron chi connectivity index (χ3n) is 7.09. The zero-order valence-corrected chi connectivity index (χ0v) is 23.5. The van der Waals surface area contributed by atoms with Crippen molar-refractivity contribution in [3.8, 4) is 0 Å². The Morgan fingerprint density at radius 3 is 2.18 bits per heavy atom. The number of carbonyl (C=O) groups is 1. The molecule has 0 radical (unpaired) electrons. The van der Waals surface area contributed by atoms with Gasteiger partial charge < -0.3 is 14.8 Å². The second kappa shape index (κ2) is 10.9. The smallest absolute Gasteiger partial charge is 0.351 e. The molecule has 0 unspecified atom stereocenters. The van der Waals surface area contributed by atoms with Crippen LogP contribution in [0.2, 0.25) is 5.04 Å². The normalized spacial score (nSPS) is 20.4. The van der Waals surface area contributed by atoms with Crippen LogP contribution in [0.15, 0.2) is 77.7 Å². The van der Waals surface area contributed by atoms with Crippen molar-refractivity contribution < 1.29 is 19.2 Å². The predicted octanol–water partition coefficient (Wildman–Crippen LogP) is 2.06. The van der Waals surface area contributed by atoms with E-state index in [9.17, 15) is 14.7 Å². The zero-order chi connectivity index (χ0) is 27.6. The van der Waals surface area contributed by atoms with E-state index in [-0.39, 0.29) is 22.8 Å². The Balaban J connectivity index is 1.67. The molecule has 2 heterocycles. The van der Waals surface area contributed by atoms with E-state index in [2.05, 4.69) is 55.3 Å². The van der Waals surface area contributed by atoms with E-state index in [0.717, 1.165) is 0 Å². The van der Waals surface area contributed by atoms with Gasteiger partial charge in [-0.2, -0.15) is 10.0 Å². The lowest BCUT2D eigenvalue weighted by Crippen LogP contribution is -2.67. The van der Waals surface area contributed by atoms with E-state index in [1.165, 1.54) is 34.1 Å². The Bertz CT molecular complexity index is 1270. The molecule has 1 aliphatic rings. The number of aromatic nitrogens is 2. The van der Waals surface area contributed by atoms with Crippen molar-refractivity contribution in [2.24, 2.45) is 0 Å². The van der Waals surface area contributed by atoms with Crippen molar-refractivity contribution in [2.45, 2.75) is 50.9 Å². The Hall–Kier alpha value is -3.15. The molecule has 1 saturated heterocycles. The number of amides is 1. The highest BCUT2D eigenvalue weighted by atomic mass is 28.4. The third-order valence-corrected chi connectivity index (χ3v) is 12.1. The van der Waals surface area contributed by atoms with Crippen LogP contribution >= 0.6 is 0 Å². The molecule has 2 atom stereocenters. The minimum atomic E-state index is -2.78. The first-order valence-corrected chi connectivity index (χ1v) is 14.6. The number of nitrogens with zero attached hydrogens (tertiary/aromatic N) is 3. The van der Waals surface area contributed by atoms with Crippen molar-refractivity contribution in [3.05, 3.63) is 83.4 Å². The monoisotopic (exact) mass is 536 g/mol. The maximum absolute atomic E-state index is 12.9. The average molecular weight is 537 g/mol. The molecule has 1 aromatic heterocycles. The molecule has 4 rings (SSSR count). The molecule has 3 aromatic rings. The number of rotatable bonds is 8. The van der Waals surface area contributed by atoms with Crippen molar-refractivity contribution in [3.63, 3.8) is 0 Å². The van der Waals surface area contributed by atoms with E-state index in [1.54, 1.807) is 12.1 Å². The molecule has 2 N–H and O–H groups in total. The molecule has 0 spiro atoms. The Kier molecular flexibility index (Phi) is 8.00. The second-order valence-corrected chi connectivity index (χ2v) is 15.0.